The average molecular weight is 564 g/mol. The largest absolute Gasteiger partial charge is 0.309 e. The Morgan fingerprint density at radius 3 is 1.32 bits per heavy atom. The van der Waals surface area contributed by atoms with Crippen LogP contribution in [0.1, 0.15) is 0 Å². The second-order valence-electron chi connectivity index (χ2n) is 10.9. The Hall–Kier alpha value is -6.07. The molecule has 0 aliphatic carbocycles. The van der Waals surface area contributed by atoms with Gasteiger partial charge in [-0.25, -0.2) is 4.98 Å². The Bertz CT molecular complexity index is 2420. The first-order chi connectivity index (χ1) is 21.8. The highest BCUT2D eigenvalue weighted by molar-refractivity contribution is 6.28. The fourth-order valence-electron chi connectivity index (χ4n) is 6.49. The van der Waals surface area contributed by atoms with Gasteiger partial charge in [0.05, 0.1) is 22.1 Å². The second kappa shape index (κ2) is 9.75. The van der Waals surface area contributed by atoms with Crippen LogP contribution in [0.3, 0.4) is 0 Å². The summed E-state index contributed by atoms with van der Waals surface area (Å²) in [5.41, 5.74) is 7.48. The number of fused-ring (bicyclic) bond motifs is 7. The van der Waals surface area contributed by atoms with Gasteiger partial charge in [0.1, 0.15) is 0 Å². The molecule has 0 unspecified atom stereocenters. The van der Waals surface area contributed by atoms with Crippen LogP contribution in [0.15, 0.2) is 152 Å². The third kappa shape index (κ3) is 3.69. The molecule has 3 heterocycles. The van der Waals surface area contributed by atoms with Crippen molar-refractivity contribution in [3.05, 3.63) is 152 Å². The molecule has 0 fully saturated rings. The van der Waals surface area contributed by atoms with Crippen molar-refractivity contribution in [3.8, 4) is 34.4 Å². The molecule has 0 N–H and O–H groups in total. The Morgan fingerprint density at radius 1 is 0.341 bits per heavy atom. The van der Waals surface area contributed by atoms with E-state index in [0.29, 0.717) is 17.6 Å². The van der Waals surface area contributed by atoms with Crippen molar-refractivity contribution in [2.45, 2.75) is 0 Å². The van der Waals surface area contributed by atoms with E-state index in [-0.39, 0.29) is 0 Å². The normalized spacial score (nSPS) is 11.6. The average Bonchev–Trinajstić information content (AvgIpc) is 3.62. The topological polar surface area (TPSA) is 48.5 Å². The highest BCUT2D eigenvalue weighted by Crippen LogP contribution is 2.42. The van der Waals surface area contributed by atoms with Crippen LogP contribution in [0.2, 0.25) is 0 Å². The molecule has 0 amide bonds. The number of rotatable bonds is 4. The van der Waals surface area contributed by atoms with E-state index in [1.54, 1.807) is 0 Å². The van der Waals surface area contributed by atoms with Crippen molar-refractivity contribution in [1.29, 1.82) is 0 Å². The smallest absolute Gasteiger partial charge is 0.238 e. The van der Waals surface area contributed by atoms with E-state index in [1.165, 1.54) is 27.2 Å². The van der Waals surface area contributed by atoms with E-state index in [0.717, 1.165) is 33.2 Å². The summed E-state index contributed by atoms with van der Waals surface area (Å²) < 4.78 is 4.56. The van der Waals surface area contributed by atoms with Gasteiger partial charge in [0.15, 0.2) is 11.6 Å². The minimum Gasteiger partial charge on any atom is -0.309 e. The van der Waals surface area contributed by atoms with E-state index in [2.05, 4.69) is 100 Å². The SMILES string of the molecule is c1ccc(-c2nc(-c3ccccc3)nc(-n3c4ccccc4c4c5c6ccccc6n(-c6ccccc6)c5ccc43)n2)cc1. The zero-order valence-electron chi connectivity index (χ0n) is 23.7. The molecular formula is C39H25N5. The third-order valence-corrected chi connectivity index (χ3v) is 8.37. The summed E-state index contributed by atoms with van der Waals surface area (Å²) in [6.45, 7) is 0. The van der Waals surface area contributed by atoms with Gasteiger partial charge in [-0.15, -0.1) is 0 Å². The number of hydrogen-bond acceptors (Lipinski definition) is 3. The zero-order chi connectivity index (χ0) is 29.0. The minimum atomic E-state index is 0.593. The first kappa shape index (κ1) is 24.5. The van der Waals surface area contributed by atoms with Crippen molar-refractivity contribution >= 4 is 43.6 Å². The molecular weight excluding hydrogens is 538 g/mol. The van der Waals surface area contributed by atoms with Crippen LogP contribution < -0.4 is 0 Å². The van der Waals surface area contributed by atoms with Crippen molar-refractivity contribution in [2.24, 2.45) is 0 Å². The first-order valence-corrected chi connectivity index (χ1v) is 14.7. The Morgan fingerprint density at radius 2 is 0.773 bits per heavy atom. The summed E-state index contributed by atoms with van der Waals surface area (Å²) in [4.78, 5) is 15.1. The summed E-state index contributed by atoms with van der Waals surface area (Å²) in [5, 5.41) is 4.78. The molecule has 6 aromatic carbocycles. The summed E-state index contributed by atoms with van der Waals surface area (Å²) in [7, 11) is 0. The van der Waals surface area contributed by atoms with E-state index >= 15 is 0 Å². The van der Waals surface area contributed by atoms with E-state index in [9.17, 15) is 0 Å². The van der Waals surface area contributed by atoms with Gasteiger partial charge in [0.2, 0.25) is 5.95 Å². The molecule has 5 nitrogen and oxygen atoms in total. The molecule has 0 aliphatic heterocycles. The summed E-state index contributed by atoms with van der Waals surface area (Å²) in [5.74, 6) is 1.87. The molecule has 3 aromatic heterocycles. The van der Waals surface area contributed by atoms with Gasteiger partial charge >= 0.3 is 0 Å². The van der Waals surface area contributed by atoms with Crippen LogP contribution in [-0.4, -0.2) is 24.1 Å². The van der Waals surface area contributed by atoms with Crippen molar-refractivity contribution < 1.29 is 0 Å². The molecule has 0 spiro atoms. The van der Waals surface area contributed by atoms with Crippen molar-refractivity contribution in [1.82, 2.24) is 24.1 Å². The Balaban J connectivity index is 1.41. The van der Waals surface area contributed by atoms with Gasteiger partial charge in [0, 0.05) is 38.4 Å². The number of nitrogens with zero attached hydrogens (tertiary/aromatic N) is 5. The predicted octanol–water partition coefficient (Wildman–Crippen LogP) is 9.40. The summed E-state index contributed by atoms with van der Waals surface area (Å²) in [6.07, 6.45) is 0. The summed E-state index contributed by atoms with van der Waals surface area (Å²) in [6, 6.07) is 52.5. The molecule has 0 bridgehead atoms. The lowest BCUT2D eigenvalue weighted by Crippen LogP contribution is -2.06. The monoisotopic (exact) mass is 563 g/mol. The molecule has 44 heavy (non-hydrogen) atoms. The quantitative estimate of drug-likeness (QED) is 0.214. The number of aromatic nitrogens is 5. The first-order valence-electron chi connectivity index (χ1n) is 14.7. The maximum absolute atomic E-state index is 5.10. The zero-order valence-corrected chi connectivity index (χ0v) is 23.7. The van der Waals surface area contributed by atoms with Gasteiger partial charge in [-0.3, -0.25) is 4.57 Å². The van der Waals surface area contributed by atoms with E-state index in [4.69, 9.17) is 15.0 Å². The van der Waals surface area contributed by atoms with Gasteiger partial charge in [-0.2, -0.15) is 9.97 Å². The highest BCUT2D eigenvalue weighted by Gasteiger charge is 2.22. The maximum atomic E-state index is 5.10. The van der Waals surface area contributed by atoms with E-state index in [1.807, 2.05) is 60.7 Å². The van der Waals surface area contributed by atoms with Crippen LogP contribution in [-0.2, 0) is 0 Å². The van der Waals surface area contributed by atoms with Crippen molar-refractivity contribution in [2.75, 3.05) is 0 Å². The van der Waals surface area contributed by atoms with Gasteiger partial charge in [0.25, 0.3) is 0 Å². The fraction of sp³-hybridized carbons (Fsp3) is 0. The number of para-hydroxylation sites is 3. The van der Waals surface area contributed by atoms with Crippen LogP contribution in [0.25, 0.3) is 78.0 Å². The van der Waals surface area contributed by atoms with Crippen LogP contribution >= 0.6 is 0 Å². The van der Waals surface area contributed by atoms with Crippen molar-refractivity contribution in [3.63, 3.8) is 0 Å². The molecule has 5 heteroatoms. The lowest BCUT2D eigenvalue weighted by Gasteiger charge is -2.11. The molecule has 0 aliphatic rings. The second-order valence-corrected chi connectivity index (χ2v) is 10.9. The van der Waals surface area contributed by atoms with Crippen LogP contribution in [0, 0.1) is 0 Å². The van der Waals surface area contributed by atoms with Gasteiger partial charge < -0.3 is 4.57 Å². The summed E-state index contributed by atoms with van der Waals surface area (Å²) >= 11 is 0. The molecule has 0 saturated carbocycles. The van der Waals surface area contributed by atoms with Gasteiger partial charge in [-0.1, -0.05) is 115 Å². The standard InChI is InChI=1S/C39H25N5/c1-4-14-26(15-5-1)37-40-38(27-16-6-2-7-17-27)42-39(41-37)44-32-23-13-11-21-30(32)36-34(44)25-24-33-35(36)29-20-10-12-22-31(29)43(33)28-18-8-3-9-19-28/h1-25H. The molecule has 0 atom stereocenters. The lowest BCUT2D eigenvalue weighted by atomic mass is 10.1. The lowest BCUT2D eigenvalue weighted by molar-refractivity contribution is 0.953. The number of hydrogen-bond donors (Lipinski definition) is 0. The molecule has 206 valence electrons. The maximum Gasteiger partial charge on any atom is 0.238 e. The van der Waals surface area contributed by atoms with Crippen LogP contribution in [0.4, 0.5) is 0 Å². The highest BCUT2D eigenvalue weighted by atomic mass is 15.2. The molecule has 9 aromatic rings. The molecule has 0 radical (unpaired) electrons. The Kier molecular flexibility index (Phi) is 5.43. The predicted molar refractivity (Wildman–Crippen MR) is 179 cm³/mol. The fourth-order valence-corrected chi connectivity index (χ4v) is 6.49. The van der Waals surface area contributed by atoms with E-state index < -0.39 is 0 Å². The minimum absolute atomic E-state index is 0.593. The molecule has 9 rings (SSSR count). The third-order valence-electron chi connectivity index (χ3n) is 8.37. The van der Waals surface area contributed by atoms with Crippen LogP contribution in [0.5, 0.6) is 0 Å². The van der Waals surface area contributed by atoms with Gasteiger partial charge in [-0.05, 0) is 36.4 Å². The molecule has 0 saturated heterocycles. The Labute approximate surface area is 253 Å². The number of benzene rings is 6.